The lowest BCUT2D eigenvalue weighted by Gasteiger charge is -2.06. The Labute approximate surface area is 171 Å². The Balaban J connectivity index is 1.55. The summed E-state index contributed by atoms with van der Waals surface area (Å²) in [6, 6.07) is 16.8. The Morgan fingerprint density at radius 1 is 0.933 bits per heavy atom. The molecular weight excluding hydrogens is 384 g/mol. The molecule has 0 atom stereocenters. The average molecular weight is 401 g/mol. The van der Waals surface area contributed by atoms with E-state index in [0.717, 1.165) is 16.6 Å². The minimum absolute atomic E-state index is 0.268. The quantitative estimate of drug-likeness (QED) is 0.431. The van der Waals surface area contributed by atoms with Gasteiger partial charge in [-0.2, -0.15) is 0 Å². The highest BCUT2D eigenvalue weighted by Gasteiger charge is 2.27. The maximum absolute atomic E-state index is 13.9. The third kappa shape index (κ3) is 3.26. The molecule has 148 valence electrons. The van der Waals surface area contributed by atoms with Gasteiger partial charge in [-0.25, -0.2) is 13.8 Å². The number of fused-ring (bicyclic) bond motifs is 2. The molecule has 0 saturated heterocycles. The molecule has 0 radical (unpaired) electrons. The molecule has 6 heteroatoms. The third-order valence-corrected chi connectivity index (χ3v) is 5.08. The van der Waals surface area contributed by atoms with Gasteiger partial charge in [-0.3, -0.25) is 0 Å². The zero-order valence-corrected chi connectivity index (χ0v) is 16.1. The Kier molecular flexibility index (Phi) is 4.39. The van der Waals surface area contributed by atoms with Gasteiger partial charge in [0.15, 0.2) is 0 Å². The first-order valence-electron chi connectivity index (χ1n) is 9.50. The number of aromatic nitrogens is 1. The van der Waals surface area contributed by atoms with E-state index in [0.29, 0.717) is 33.6 Å². The minimum atomic E-state index is -0.388. The largest absolute Gasteiger partial charge is 0.390 e. The fraction of sp³-hybridized carbons (Fsp3) is 0.0833. The number of aliphatic imine (C=N–C) groups is 1. The van der Waals surface area contributed by atoms with Crippen molar-refractivity contribution in [3.05, 3.63) is 101 Å². The molecule has 1 N–H and O–H groups in total. The Morgan fingerprint density at radius 2 is 1.70 bits per heavy atom. The van der Waals surface area contributed by atoms with Crippen molar-refractivity contribution in [2.45, 2.75) is 13.5 Å². The van der Waals surface area contributed by atoms with E-state index in [-0.39, 0.29) is 18.2 Å². The van der Waals surface area contributed by atoms with Crippen molar-refractivity contribution in [1.82, 2.24) is 4.98 Å². The van der Waals surface area contributed by atoms with Gasteiger partial charge in [0.25, 0.3) is 0 Å². The number of aryl methyl sites for hydroxylation is 1. The van der Waals surface area contributed by atoms with E-state index < -0.39 is 0 Å². The first kappa shape index (κ1) is 18.2. The monoisotopic (exact) mass is 401 g/mol. The first-order valence-corrected chi connectivity index (χ1v) is 9.50. The molecule has 30 heavy (non-hydrogen) atoms. The van der Waals surface area contributed by atoms with Gasteiger partial charge in [0.2, 0.25) is 0 Å². The molecule has 5 rings (SSSR count). The Hall–Kier alpha value is -3.80. The van der Waals surface area contributed by atoms with Gasteiger partial charge in [0, 0.05) is 28.2 Å². The predicted octanol–water partition coefficient (Wildman–Crippen LogP) is 5.81. The number of oxime groups is 1. The Morgan fingerprint density at radius 3 is 2.53 bits per heavy atom. The molecule has 1 aromatic heterocycles. The lowest BCUT2D eigenvalue weighted by molar-refractivity contribution is 0.131. The number of hydrogen-bond acceptors (Lipinski definition) is 3. The van der Waals surface area contributed by atoms with E-state index in [1.165, 1.54) is 24.3 Å². The summed E-state index contributed by atoms with van der Waals surface area (Å²) >= 11 is 0. The van der Waals surface area contributed by atoms with Crippen LogP contribution in [0.3, 0.4) is 0 Å². The zero-order valence-electron chi connectivity index (χ0n) is 16.1. The highest BCUT2D eigenvalue weighted by Crippen LogP contribution is 2.32. The number of H-pyrrole nitrogens is 1. The van der Waals surface area contributed by atoms with Gasteiger partial charge >= 0.3 is 0 Å². The lowest BCUT2D eigenvalue weighted by atomic mass is 10.0. The fourth-order valence-electron chi connectivity index (χ4n) is 3.52. The van der Waals surface area contributed by atoms with Crippen LogP contribution in [-0.2, 0) is 11.4 Å². The second-order valence-electron chi connectivity index (χ2n) is 7.21. The minimum Gasteiger partial charge on any atom is -0.390 e. The van der Waals surface area contributed by atoms with Crippen LogP contribution in [0.25, 0.3) is 10.9 Å². The fourth-order valence-corrected chi connectivity index (χ4v) is 3.52. The molecule has 0 aliphatic carbocycles. The van der Waals surface area contributed by atoms with Gasteiger partial charge in [-0.15, -0.1) is 0 Å². The summed E-state index contributed by atoms with van der Waals surface area (Å²) in [7, 11) is 0. The van der Waals surface area contributed by atoms with Crippen LogP contribution in [0.4, 0.5) is 14.5 Å². The van der Waals surface area contributed by atoms with Crippen molar-refractivity contribution < 1.29 is 13.6 Å². The molecule has 0 fully saturated rings. The smallest absolute Gasteiger partial charge is 0.142 e. The van der Waals surface area contributed by atoms with E-state index >= 15 is 0 Å². The van der Waals surface area contributed by atoms with Crippen LogP contribution >= 0.6 is 0 Å². The van der Waals surface area contributed by atoms with Crippen molar-refractivity contribution in [3.8, 4) is 0 Å². The lowest BCUT2D eigenvalue weighted by Crippen LogP contribution is -2.13. The topological polar surface area (TPSA) is 49.7 Å². The normalized spacial score (nSPS) is 14.2. The molecule has 3 aromatic carbocycles. The molecule has 0 bridgehead atoms. The van der Waals surface area contributed by atoms with Crippen LogP contribution in [0.2, 0.25) is 0 Å². The van der Waals surface area contributed by atoms with E-state index in [1.807, 2.05) is 31.2 Å². The summed E-state index contributed by atoms with van der Waals surface area (Å²) in [5.74, 6) is -0.735. The highest BCUT2D eigenvalue weighted by atomic mass is 19.1. The van der Waals surface area contributed by atoms with Crippen molar-refractivity contribution >= 4 is 28.0 Å². The van der Waals surface area contributed by atoms with Gasteiger partial charge < -0.3 is 9.82 Å². The summed E-state index contributed by atoms with van der Waals surface area (Å²) < 4.78 is 27.8. The van der Waals surface area contributed by atoms with Gasteiger partial charge in [0.1, 0.15) is 29.7 Å². The highest BCUT2D eigenvalue weighted by molar-refractivity contribution is 6.58. The van der Waals surface area contributed by atoms with Crippen LogP contribution in [-0.4, -0.2) is 16.4 Å². The molecule has 0 unspecified atom stereocenters. The van der Waals surface area contributed by atoms with Crippen LogP contribution in [0.1, 0.15) is 22.3 Å². The van der Waals surface area contributed by atoms with Gasteiger partial charge in [-0.05, 0) is 48.9 Å². The van der Waals surface area contributed by atoms with Crippen molar-refractivity contribution in [3.63, 3.8) is 0 Å². The number of rotatable bonds is 4. The zero-order chi connectivity index (χ0) is 20.7. The first-order chi connectivity index (χ1) is 14.6. The van der Waals surface area contributed by atoms with Gasteiger partial charge in [-0.1, -0.05) is 35.0 Å². The van der Waals surface area contributed by atoms with Crippen LogP contribution < -0.4 is 0 Å². The molecule has 1 aliphatic rings. The second-order valence-corrected chi connectivity index (χ2v) is 7.21. The molecule has 0 amide bonds. The van der Waals surface area contributed by atoms with Crippen molar-refractivity contribution in [1.29, 1.82) is 0 Å². The van der Waals surface area contributed by atoms with E-state index in [2.05, 4.69) is 15.1 Å². The molecule has 0 spiro atoms. The summed E-state index contributed by atoms with van der Waals surface area (Å²) in [6.45, 7) is 2.28. The Bertz CT molecular complexity index is 1320. The maximum atomic E-state index is 13.9. The number of nitrogens with zero attached hydrogens (tertiary/aromatic N) is 2. The maximum Gasteiger partial charge on any atom is 0.142 e. The second kappa shape index (κ2) is 7.22. The SMILES string of the molecule is Cc1ccc(CO/N=C2/C(c3c[nH]c4ccc(F)cc34)=Nc3ccc(F)cc32)cc1. The number of aromatic amines is 1. The molecule has 0 saturated carbocycles. The third-order valence-electron chi connectivity index (χ3n) is 5.08. The molecular formula is C24H17F2N3O. The summed E-state index contributed by atoms with van der Waals surface area (Å²) in [5.41, 5.74) is 5.64. The molecule has 1 aliphatic heterocycles. The predicted molar refractivity (Wildman–Crippen MR) is 113 cm³/mol. The van der Waals surface area contributed by atoms with Gasteiger partial charge in [0.05, 0.1) is 5.69 Å². The summed E-state index contributed by atoms with van der Waals surface area (Å²) in [5, 5.41) is 4.98. The molecule has 4 nitrogen and oxygen atoms in total. The van der Waals surface area contributed by atoms with Crippen LogP contribution in [0, 0.1) is 18.6 Å². The number of nitrogens with one attached hydrogen (secondary N) is 1. The molecule has 2 heterocycles. The number of hydrogen-bond donors (Lipinski definition) is 1. The summed E-state index contributed by atoms with van der Waals surface area (Å²) in [6.07, 6.45) is 1.75. The average Bonchev–Trinajstić information content (AvgIpc) is 3.30. The van der Waals surface area contributed by atoms with Crippen molar-refractivity contribution in [2.75, 3.05) is 0 Å². The van der Waals surface area contributed by atoms with Crippen LogP contribution in [0.15, 0.2) is 77.0 Å². The van der Waals surface area contributed by atoms with E-state index in [9.17, 15) is 8.78 Å². The summed E-state index contributed by atoms with van der Waals surface area (Å²) in [4.78, 5) is 13.4. The number of halogens is 2. The van der Waals surface area contributed by atoms with Crippen molar-refractivity contribution in [2.24, 2.45) is 10.1 Å². The van der Waals surface area contributed by atoms with E-state index in [1.54, 1.807) is 18.3 Å². The van der Waals surface area contributed by atoms with E-state index in [4.69, 9.17) is 4.84 Å². The molecule has 4 aromatic rings. The standard InChI is InChI=1S/C24H17F2N3O/c1-14-2-4-15(5-3-14)13-30-29-24-19-11-17(26)7-9-22(19)28-23(24)20-12-27-21-8-6-16(25)10-18(20)21/h2-12,27H,13H2,1H3/b29-24+. The van der Waals surface area contributed by atoms with Crippen LogP contribution in [0.5, 0.6) is 0 Å². The number of benzene rings is 3.